The Kier molecular flexibility index (Phi) is 4.21. The first-order valence-corrected chi connectivity index (χ1v) is 6.97. The van der Waals surface area contributed by atoms with Gasteiger partial charge in [0, 0.05) is 22.0 Å². The lowest BCUT2D eigenvalue weighted by molar-refractivity contribution is 0.500. The van der Waals surface area contributed by atoms with Crippen LogP contribution in [0.2, 0.25) is 5.02 Å². The molecule has 1 aromatic heterocycles. The van der Waals surface area contributed by atoms with Crippen LogP contribution in [0.15, 0.2) is 41.8 Å². The maximum Gasteiger partial charge on any atom is 0.0409 e. The summed E-state index contributed by atoms with van der Waals surface area (Å²) >= 11 is 7.78. The average molecular weight is 266 g/mol. The Balaban J connectivity index is 2.04. The van der Waals surface area contributed by atoms with E-state index in [1.807, 2.05) is 18.2 Å². The second-order valence-electron chi connectivity index (χ2n) is 4.18. The minimum absolute atomic E-state index is 0.297. The molecule has 0 aliphatic rings. The van der Waals surface area contributed by atoms with E-state index in [1.54, 1.807) is 11.3 Å². The molecule has 0 saturated carbocycles. The quantitative estimate of drug-likeness (QED) is 0.836. The van der Waals surface area contributed by atoms with Crippen LogP contribution < -0.4 is 5.32 Å². The van der Waals surface area contributed by atoms with Crippen LogP contribution in [0.5, 0.6) is 0 Å². The van der Waals surface area contributed by atoms with E-state index in [1.165, 1.54) is 10.4 Å². The van der Waals surface area contributed by atoms with Gasteiger partial charge in [0.15, 0.2) is 0 Å². The Hall–Kier alpha value is -0.830. The summed E-state index contributed by atoms with van der Waals surface area (Å²) in [6.07, 6.45) is 0. The Morgan fingerprint density at radius 1 is 1.12 bits per heavy atom. The summed E-state index contributed by atoms with van der Waals surface area (Å²) in [7, 11) is 0. The Morgan fingerprint density at radius 3 is 2.59 bits per heavy atom. The van der Waals surface area contributed by atoms with Crippen LogP contribution in [0.1, 0.15) is 36.4 Å². The fourth-order valence-corrected chi connectivity index (χ4v) is 2.81. The van der Waals surface area contributed by atoms with E-state index in [2.05, 4.69) is 42.7 Å². The van der Waals surface area contributed by atoms with Crippen molar-refractivity contribution in [1.82, 2.24) is 5.32 Å². The lowest BCUT2D eigenvalue weighted by atomic mass is 10.1. The smallest absolute Gasteiger partial charge is 0.0409 e. The van der Waals surface area contributed by atoms with Crippen LogP contribution in [-0.2, 0) is 0 Å². The van der Waals surface area contributed by atoms with Gasteiger partial charge in [-0.05, 0) is 43.0 Å². The zero-order valence-electron chi connectivity index (χ0n) is 9.98. The molecule has 1 unspecified atom stereocenters. The third kappa shape index (κ3) is 3.32. The summed E-state index contributed by atoms with van der Waals surface area (Å²) < 4.78 is 0. The second kappa shape index (κ2) is 5.67. The molecule has 2 rings (SSSR count). The molecule has 1 nitrogen and oxygen atoms in total. The van der Waals surface area contributed by atoms with Crippen molar-refractivity contribution in [1.29, 1.82) is 0 Å². The number of nitrogens with one attached hydrogen (secondary N) is 1. The molecule has 0 spiro atoms. The van der Waals surface area contributed by atoms with Crippen LogP contribution >= 0.6 is 22.9 Å². The minimum Gasteiger partial charge on any atom is -0.303 e. The summed E-state index contributed by atoms with van der Waals surface area (Å²) in [4.78, 5) is 1.36. The normalized spacial score (nSPS) is 14.5. The lowest BCUT2D eigenvalue weighted by Gasteiger charge is -2.19. The van der Waals surface area contributed by atoms with Gasteiger partial charge in [-0.3, -0.25) is 0 Å². The standard InChI is InChI=1S/C14H16ClNS/c1-10(12-5-3-6-13(15)9-12)16-11(2)14-7-4-8-17-14/h3-11,16H,1-2H3/t10-,11?/m1/s1. The zero-order valence-corrected chi connectivity index (χ0v) is 11.6. The Bertz CT molecular complexity index is 467. The third-order valence-corrected chi connectivity index (χ3v) is 4.11. The zero-order chi connectivity index (χ0) is 12.3. The summed E-state index contributed by atoms with van der Waals surface area (Å²) in [6.45, 7) is 4.35. The molecular formula is C14H16ClNS. The molecule has 17 heavy (non-hydrogen) atoms. The van der Waals surface area contributed by atoms with Gasteiger partial charge >= 0.3 is 0 Å². The molecule has 0 amide bonds. The molecule has 0 saturated heterocycles. The van der Waals surface area contributed by atoms with Gasteiger partial charge in [0.25, 0.3) is 0 Å². The van der Waals surface area contributed by atoms with E-state index in [4.69, 9.17) is 11.6 Å². The van der Waals surface area contributed by atoms with Gasteiger partial charge in [0.2, 0.25) is 0 Å². The van der Waals surface area contributed by atoms with Gasteiger partial charge < -0.3 is 5.32 Å². The summed E-state index contributed by atoms with van der Waals surface area (Å²) in [5.41, 5.74) is 1.22. The molecule has 0 fully saturated rings. The topological polar surface area (TPSA) is 12.0 Å². The number of thiophene rings is 1. The monoisotopic (exact) mass is 265 g/mol. The third-order valence-electron chi connectivity index (χ3n) is 2.82. The van der Waals surface area contributed by atoms with Crippen molar-refractivity contribution in [3.05, 3.63) is 57.2 Å². The van der Waals surface area contributed by atoms with Crippen molar-refractivity contribution >= 4 is 22.9 Å². The molecule has 0 radical (unpaired) electrons. The summed E-state index contributed by atoms with van der Waals surface area (Å²) in [5.74, 6) is 0. The highest BCUT2D eigenvalue weighted by Crippen LogP contribution is 2.23. The fourth-order valence-electron chi connectivity index (χ4n) is 1.87. The molecule has 0 bridgehead atoms. The van der Waals surface area contributed by atoms with E-state index >= 15 is 0 Å². The van der Waals surface area contributed by atoms with Crippen molar-refractivity contribution in [3.8, 4) is 0 Å². The first-order valence-electron chi connectivity index (χ1n) is 5.71. The number of hydrogen-bond acceptors (Lipinski definition) is 2. The van der Waals surface area contributed by atoms with Gasteiger partial charge in [0.1, 0.15) is 0 Å². The summed E-state index contributed by atoms with van der Waals surface area (Å²) in [6, 6.07) is 12.9. The minimum atomic E-state index is 0.297. The highest BCUT2D eigenvalue weighted by Gasteiger charge is 2.11. The largest absolute Gasteiger partial charge is 0.303 e. The Labute approximate surface area is 111 Å². The molecule has 0 aliphatic heterocycles. The van der Waals surface area contributed by atoms with Gasteiger partial charge in [-0.1, -0.05) is 29.8 Å². The van der Waals surface area contributed by atoms with Gasteiger partial charge in [-0.15, -0.1) is 11.3 Å². The fraction of sp³-hybridized carbons (Fsp3) is 0.286. The van der Waals surface area contributed by atoms with Crippen LogP contribution in [-0.4, -0.2) is 0 Å². The second-order valence-corrected chi connectivity index (χ2v) is 5.60. The molecular weight excluding hydrogens is 250 g/mol. The van der Waals surface area contributed by atoms with Crippen LogP contribution in [0.4, 0.5) is 0 Å². The molecule has 90 valence electrons. The SMILES string of the molecule is CC(N[C@H](C)c1cccc(Cl)c1)c1cccs1. The predicted octanol–water partition coefficient (Wildman–Crippen LogP) is 4.81. The first kappa shape index (κ1) is 12.6. The van der Waals surface area contributed by atoms with Crippen molar-refractivity contribution in [3.63, 3.8) is 0 Å². The Morgan fingerprint density at radius 2 is 1.94 bits per heavy atom. The van der Waals surface area contributed by atoms with Crippen LogP contribution in [0.25, 0.3) is 0 Å². The maximum atomic E-state index is 6.00. The molecule has 0 aliphatic carbocycles. The van der Waals surface area contributed by atoms with Crippen molar-refractivity contribution in [2.45, 2.75) is 25.9 Å². The van der Waals surface area contributed by atoms with E-state index < -0.39 is 0 Å². The van der Waals surface area contributed by atoms with Crippen LogP contribution in [0.3, 0.4) is 0 Å². The number of hydrogen-bond donors (Lipinski definition) is 1. The van der Waals surface area contributed by atoms with Gasteiger partial charge in [-0.25, -0.2) is 0 Å². The van der Waals surface area contributed by atoms with E-state index in [0.717, 1.165) is 5.02 Å². The first-order chi connectivity index (χ1) is 8.16. The molecule has 3 heteroatoms. The highest BCUT2D eigenvalue weighted by molar-refractivity contribution is 7.10. The molecule has 2 aromatic rings. The predicted molar refractivity (Wildman–Crippen MR) is 75.7 cm³/mol. The van der Waals surface area contributed by atoms with E-state index in [0.29, 0.717) is 12.1 Å². The van der Waals surface area contributed by atoms with Crippen LogP contribution in [0, 0.1) is 0 Å². The van der Waals surface area contributed by atoms with Crippen molar-refractivity contribution in [2.75, 3.05) is 0 Å². The number of halogens is 1. The van der Waals surface area contributed by atoms with Crippen molar-refractivity contribution < 1.29 is 0 Å². The molecule has 1 N–H and O–H groups in total. The lowest BCUT2D eigenvalue weighted by Crippen LogP contribution is -2.21. The molecule has 2 atom stereocenters. The molecule has 1 aromatic carbocycles. The number of rotatable bonds is 4. The van der Waals surface area contributed by atoms with Gasteiger partial charge in [0.05, 0.1) is 0 Å². The summed E-state index contributed by atoms with van der Waals surface area (Å²) in [5, 5.41) is 6.48. The maximum absolute atomic E-state index is 6.00. The molecule has 1 heterocycles. The van der Waals surface area contributed by atoms with E-state index in [9.17, 15) is 0 Å². The van der Waals surface area contributed by atoms with Crippen molar-refractivity contribution in [2.24, 2.45) is 0 Å². The number of benzene rings is 1. The van der Waals surface area contributed by atoms with Gasteiger partial charge in [-0.2, -0.15) is 0 Å². The average Bonchev–Trinajstić information content (AvgIpc) is 2.82. The van der Waals surface area contributed by atoms with E-state index in [-0.39, 0.29) is 0 Å². The highest BCUT2D eigenvalue weighted by atomic mass is 35.5.